The van der Waals surface area contributed by atoms with Crippen LogP contribution in [0.25, 0.3) is 0 Å². The smallest absolute Gasteiger partial charge is 0.183 e. The van der Waals surface area contributed by atoms with E-state index in [-0.39, 0.29) is 0 Å². The molecule has 0 heterocycles. The lowest BCUT2D eigenvalue weighted by atomic mass is 10.1. The summed E-state index contributed by atoms with van der Waals surface area (Å²) in [5, 5.41) is 0. The Hall–Kier alpha value is -0.0831. The largest absolute Gasteiger partial charge is 0.417 e. The standard InChI is InChI=1S/C17H36OSi/c1-5-6-7-8-9-10-11-12-13-14-15-16-17-18-19(2,3)4/h14-15H,5-13,16-17H2,1-4H3. The van der Waals surface area contributed by atoms with Crippen molar-refractivity contribution in [1.29, 1.82) is 0 Å². The molecule has 0 aromatic carbocycles. The quantitative estimate of drug-likeness (QED) is 0.218. The molecular weight excluding hydrogens is 248 g/mol. The molecule has 2 heteroatoms. The number of hydrogen-bond donors (Lipinski definition) is 0. The maximum Gasteiger partial charge on any atom is 0.183 e. The van der Waals surface area contributed by atoms with Gasteiger partial charge in [0.25, 0.3) is 0 Å². The molecule has 0 saturated carbocycles. The monoisotopic (exact) mass is 284 g/mol. The first-order valence-electron chi connectivity index (χ1n) is 8.35. The van der Waals surface area contributed by atoms with Crippen molar-refractivity contribution in [1.82, 2.24) is 0 Å². The van der Waals surface area contributed by atoms with Crippen molar-refractivity contribution < 1.29 is 4.43 Å². The number of rotatable bonds is 13. The van der Waals surface area contributed by atoms with Gasteiger partial charge in [0.2, 0.25) is 0 Å². The van der Waals surface area contributed by atoms with E-state index in [2.05, 4.69) is 38.7 Å². The molecule has 1 nitrogen and oxygen atoms in total. The molecule has 0 aromatic heterocycles. The molecule has 0 amide bonds. The summed E-state index contributed by atoms with van der Waals surface area (Å²) in [4.78, 5) is 0. The molecule has 0 spiro atoms. The van der Waals surface area contributed by atoms with Gasteiger partial charge in [-0.15, -0.1) is 0 Å². The topological polar surface area (TPSA) is 9.23 Å². The molecule has 0 aliphatic carbocycles. The predicted octanol–water partition coefficient (Wildman–Crippen LogP) is 6.32. The van der Waals surface area contributed by atoms with E-state index >= 15 is 0 Å². The van der Waals surface area contributed by atoms with Crippen molar-refractivity contribution in [2.24, 2.45) is 0 Å². The molecule has 0 bridgehead atoms. The summed E-state index contributed by atoms with van der Waals surface area (Å²) in [6.07, 6.45) is 18.2. The van der Waals surface area contributed by atoms with Gasteiger partial charge in [-0.05, 0) is 38.9 Å². The zero-order chi connectivity index (χ0) is 14.4. The van der Waals surface area contributed by atoms with E-state index in [1.807, 2.05) is 0 Å². The Labute approximate surface area is 123 Å². The lowest BCUT2D eigenvalue weighted by Crippen LogP contribution is -2.25. The van der Waals surface area contributed by atoms with Crippen LogP contribution in [0.15, 0.2) is 12.2 Å². The Morgan fingerprint density at radius 2 is 1.26 bits per heavy atom. The zero-order valence-electron chi connectivity index (χ0n) is 13.8. The molecule has 0 rings (SSSR count). The summed E-state index contributed by atoms with van der Waals surface area (Å²) in [5.41, 5.74) is 0. The molecule has 0 atom stereocenters. The van der Waals surface area contributed by atoms with Gasteiger partial charge < -0.3 is 4.43 Å². The Bertz CT molecular complexity index is 206. The van der Waals surface area contributed by atoms with E-state index in [1.165, 1.54) is 57.8 Å². The molecule has 0 aliphatic heterocycles. The van der Waals surface area contributed by atoms with Gasteiger partial charge in [0.1, 0.15) is 0 Å². The van der Waals surface area contributed by atoms with Crippen molar-refractivity contribution >= 4 is 8.32 Å². The number of unbranched alkanes of at least 4 members (excludes halogenated alkanes) is 8. The van der Waals surface area contributed by atoms with Gasteiger partial charge in [0.05, 0.1) is 0 Å². The van der Waals surface area contributed by atoms with Gasteiger partial charge in [-0.2, -0.15) is 0 Å². The summed E-state index contributed by atoms with van der Waals surface area (Å²) in [6.45, 7) is 9.93. The minimum absolute atomic E-state index is 0.906. The van der Waals surface area contributed by atoms with Crippen LogP contribution < -0.4 is 0 Å². The third kappa shape index (κ3) is 17.9. The van der Waals surface area contributed by atoms with Crippen molar-refractivity contribution in [3.63, 3.8) is 0 Å². The van der Waals surface area contributed by atoms with Crippen LogP contribution in [-0.4, -0.2) is 14.9 Å². The second-order valence-corrected chi connectivity index (χ2v) is 11.0. The van der Waals surface area contributed by atoms with Crippen molar-refractivity contribution in [2.75, 3.05) is 6.61 Å². The molecule has 0 N–H and O–H groups in total. The Balaban J connectivity index is 3.13. The predicted molar refractivity (Wildman–Crippen MR) is 90.3 cm³/mol. The first-order chi connectivity index (χ1) is 9.06. The second-order valence-electron chi connectivity index (χ2n) is 6.48. The summed E-state index contributed by atoms with van der Waals surface area (Å²) >= 11 is 0. The maximum atomic E-state index is 5.81. The molecule has 0 aliphatic rings. The van der Waals surface area contributed by atoms with Gasteiger partial charge in [-0.25, -0.2) is 0 Å². The van der Waals surface area contributed by atoms with Crippen LogP contribution in [0.4, 0.5) is 0 Å². The highest BCUT2D eigenvalue weighted by Gasteiger charge is 2.12. The Morgan fingerprint density at radius 3 is 1.84 bits per heavy atom. The molecule has 114 valence electrons. The van der Waals surface area contributed by atoms with Crippen molar-refractivity contribution in [3.05, 3.63) is 12.2 Å². The fourth-order valence-corrected chi connectivity index (χ4v) is 2.80. The highest BCUT2D eigenvalue weighted by atomic mass is 28.4. The summed E-state index contributed by atoms with van der Waals surface area (Å²) in [6, 6.07) is 0. The maximum absolute atomic E-state index is 5.81. The lowest BCUT2D eigenvalue weighted by Gasteiger charge is -2.15. The highest BCUT2D eigenvalue weighted by molar-refractivity contribution is 6.69. The van der Waals surface area contributed by atoms with E-state index in [1.54, 1.807) is 0 Å². The van der Waals surface area contributed by atoms with E-state index < -0.39 is 8.32 Å². The lowest BCUT2D eigenvalue weighted by molar-refractivity contribution is 0.319. The first-order valence-corrected chi connectivity index (χ1v) is 11.8. The molecule has 0 saturated heterocycles. The van der Waals surface area contributed by atoms with Crippen molar-refractivity contribution in [2.45, 2.75) is 90.8 Å². The van der Waals surface area contributed by atoms with Crippen LogP contribution in [0.1, 0.15) is 71.1 Å². The summed E-state index contributed by atoms with van der Waals surface area (Å²) < 4.78 is 5.81. The van der Waals surface area contributed by atoms with E-state index in [0.29, 0.717) is 0 Å². The highest BCUT2D eigenvalue weighted by Crippen LogP contribution is 2.10. The van der Waals surface area contributed by atoms with Crippen molar-refractivity contribution in [3.8, 4) is 0 Å². The Kier molecular flexibility index (Phi) is 12.9. The van der Waals surface area contributed by atoms with Crippen LogP contribution in [0.3, 0.4) is 0 Å². The van der Waals surface area contributed by atoms with E-state index in [0.717, 1.165) is 13.0 Å². The minimum atomic E-state index is -1.29. The molecule has 0 aromatic rings. The summed E-state index contributed by atoms with van der Waals surface area (Å²) in [5.74, 6) is 0. The number of hydrogen-bond acceptors (Lipinski definition) is 1. The van der Waals surface area contributed by atoms with Crippen LogP contribution in [-0.2, 0) is 4.43 Å². The van der Waals surface area contributed by atoms with Gasteiger partial charge in [0, 0.05) is 6.61 Å². The molecular formula is C17H36OSi. The van der Waals surface area contributed by atoms with Crippen LogP contribution in [0.2, 0.25) is 19.6 Å². The first kappa shape index (κ1) is 18.9. The molecule has 19 heavy (non-hydrogen) atoms. The normalized spacial score (nSPS) is 12.4. The van der Waals surface area contributed by atoms with Gasteiger partial charge in [-0.3, -0.25) is 0 Å². The van der Waals surface area contributed by atoms with Crippen LogP contribution in [0, 0.1) is 0 Å². The molecule has 0 fully saturated rings. The minimum Gasteiger partial charge on any atom is -0.417 e. The van der Waals surface area contributed by atoms with Crippen LogP contribution in [0.5, 0.6) is 0 Å². The molecule has 0 radical (unpaired) electrons. The zero-order valence-corrected chi connectivity index (χ0v) is 14.8. The van der Waals surface area contributed by atoms with E-state index in [9.17, 15) is 0 Å². The van der Waals surface area contributed by atoms with E-state index in [4.69, 9.17) is 4.43 Å². The van der Waals surface area contributed by atoms with Gasteiger partial charge in [0.15, 0.2) is 8.32 Å². The van der Waals surface area contributed by atoms with Gasteiger partial charge >= 0.3 is 0 Å². The fourth-order valence-electron chi connectivity index (χ4n) is 2.06. The second kappa shape index (κ2) is 12.9. The average molecular weight is 285 g/mol. The molecule has 0 unspecified atom stereocenters. The fraction of sp³-hybridized carbons (Fsp3) is 0.882. The van der Waals surface area contributed by atoms with Gasteiger partial charge in [-0.1, -0.05) is 64.0 Å². The third-order valence-corrected chi connectivity index (χ3v) is 4.28. The average Bonchev–Trinajstić information content (AvgIpc) is 2.34. The number of allylic oxidation sites excluding steroid dienone is 1. The third-order valence-electron chi connectivity index (χ3n) is 3.21. The Morgan fingerprint density at radius 1 is 0.737 bits per heavy atom. The summed E-state index contributed by atoms with van der Waals surface area (Å²) in [7, 11) is -1.29. The SMILES string of the molecule is CCCCCCCCCCC=CCCO[Si](C)(C)C. The van der Waals surface area contributed by atoms with Crippen LogP contribution >= 0.6 is 0 Å².